The average Bonchev–Trinajstić information content (AvgIpc) is 2.84. The molecular weight excluding hydrogens is 244 g/mol. The van der Waals surface area contributed by atoms with E-state index in [9.17, 15) is 5.11 Å². The third-order valence-corrected chi connectivity index (χ3v) is 2.78. The van der Waals surface area contributed by atoms with Crippen LogP contribution in [0.3, 0.4) is 0 Å². The first-order valence-electron chi connectivity index (χ1n) is 6.32. The molecule has 1 unspecified atom stereocenters. The smallest absolute Gasteiger partial charge is 0.253 e. The number of aliphatic hydroxyl groups is 1. The van der Waals surface area contributed by atoms with E-state index in [-0.39, 0.29) is 6.61 Å². The third-order valence-electron chi connectivity index (χ3n) is 2.78. The molecule has 5 nitrogen and oxygen atoms in total. The maximum absolute atomic E-state index is 9.70. The zero-order valence-corrected chi connectivity index (χ0v) is 11.4. The van der Waals surface area contributed by atoms with E-state index in [0.717, 1.165) is 11.1 Å². The van der Waals surface area contributed by atoms with Crippen molar-refractivity contribution < 1.29 is 14.3 Å². The number of aliphatic hydroxyl groups excluding tert-OH is 1. The van der Waals surface area contributed by atoms with Gasteiger partial charge in [0.25, 0.3) is 5.89 Å². The van der Waals surface area contributed by atoms with Crippen molar-refractivity contribution in [2.75, 3.05) is 0 Å². The second-order valence-corrected chi connectivity index (χ2v) is 4.45. The van der Waals surface area contributed by atoms with Gasteiger partial charge >= 0.3 is 0 Å². The molecule has 0 bridgehead atoms. The van der Waals surface area contributed by atoms with Crippen LogP contribution in [0.1, 0.15) is 42.9 Å². The molecule has 1 aromatic heterocycles. The highest BCUT2D eigenvalue weighted by molar-refractivity contribution is 5.38. The Labute approximate surface area is 112 Å². The molecule has 0 spiro atoms. The van der Waals surface area contributed by atoms with E-state index in [4.69, 9.17) is 9.15 Å². The van der Waals surface area contributed by atoms with Crippen LogP contribution < -0.4 is 4.74 Å². The molecule has 0 radical (unpaired) electrons. The van der Waals surface area contributed by atoms with Crippen LogP contribution in [0.4, 0.5) is 0 Å². The number of hydrogen-bond donors (Lipinski definition) is 1. The van der Waals surface area contributed by atoms with Crippen LogP contribution >= 0.6 is 0 Å². The van der Waals surface area contributed by atoms with Crippen molar-refractivity contribution in [1.29, 1.82) is 0 Å². The van der Waals surface area contributed by atoms with Gasteiger partial charge in [-0.2, -0.15) is 0 Å². The highest BCUT2D eigenvalue weighted by Gasteiger charge is 2.11. The Bertz CT molecular complexity index is 549. The molecule has 0 aliphatic carbocycles. The van der Waals surface area contributed by atoms with Crippen LogP contribution in [-0.2, 0) is 13.0 Å². The van der Waals surface area contributed by atoms with Gasteiger partial charge in [-0.25, -0.2) is 0 Å². The van der Waals surface area contributed by atoms with E-state index in [0.29, 0.717) is 24.0 Å². The van der Waals surface area contributed by atoms with Crippen molar-refractivity contribution in [3.05, 3.63) is 41.1 Å². The van der Waals surface area contributed by atoms with Crippen molar-refractivity contribution in [3.8, 4) is 5.75 Å². The zero-order chi connectivity index (χ0) is 13.8. The summed E-state index contributed by atoms with van der Waals surface area (Å²) in [4.78, 5) is 0. The molecular formula is C14H18N2O3. The lowest BCUT2D eigenvalue weighted by molar-refractivity contribution is 0.186. The summed E-state index contributed by atoms with van der Waals surface area (Å²) in [5.41, 5.74) is 1.82. The predicted molar refractivity (Wildman–Crippen MR) is 69.8 cm³/mol. The van der Waals surface area contributed by atoms with Crippen LogP contribution in [-0.4, -0.2) is 15.3 Å². The Hall–Kier alpha value is -1.88. The van der Waals surface area contributed by atoms with Gasteiger partial charge < -0.3 is 14.3 Å². The van der Waals surface area contributed by atoms with Gasteiger partial charge in [-0.15, -0.1) is 10.2 Å². The fourth-order valence-electron chi connectivity index (χ4n) is 1.74. The minimum Gasteiger partial charge on any atom is -0.483 e. The topological polar surface area (TPSA) is 68.4 Å². The first-order valence-corrected chi connectivity index (χ1v) is 6.32. The van der Waals surface area contributed by atoms with Gasteiger partial charge in [-0.3, -0.25) is 0 Å². The van der Waals surface area contributed by atoms with E-state index in [1.807, 2.05) is 32.0 Å². The highest BCUT2D eigenvalue weighted by Crippen LogP contribution is 2.26. The monoisotopic (exact) mass is 262 g/mol. The van der Waals surface area contributed by atoms with Crippen molar-refractivity contribution >= 4 is 0 Å². The molecule has 1 N–H and O–H groups in total. The Morgan fingerprint density at radius 3 is 2.68 bits per heavy atom. The van der Waals surface area contributed by atoms with E-state index in [1.54, 1.807) is 6.92 Å². The molecule has 1 heterocycles. The summed E-state index contributed by atoms with van der Waals surface area (Å²) < 4.78 is 11.0. The molecule has 102 valence electrons. The van der Waals surface area contributed by atoms with E-state index < -0.39 is 6.10 Å². The predicted octanol–water partition coefficient (Wildman–Crippen LogP) is 2.57. The van der Waals surface area contributed by atoms with Gasteiger partial charge in [-0.1, -0.05) is 19.1 Å². The number of rotatable bonds is 5. The lowest BCUT2D eigenvalue weighted by atomic mass is 10.1. The fraction of sp³-hybridized carbons (Fsp3) is 0.429. The molecule has 0 aliphatic heterocycles. The molecule has 0 saturated carbocycles. The largest absolute Gasteiger partial charge is 0.483 e. The van der Waals surface area contributed by atoms with Gasteiger partial charge in [-0.05, 0) is 25.5 Å². The first kappa shape index (κ1) is 13.5. The third kappa shape index (κ3) is 3.32. The average molecular weight is 262 g/mol. The SMILES string of the molecule is CCc1nnc(COc2cc(C)ccc2C(C)O)o1. The maximum atomic E-state index is 9.70. The van der Waals surface area contributed by atoms with Crippen molar-refractivity contribution in [1.82, 2.24) is 10.2 Å². The minimum absolute atomic E-state index is 0.205. The van der Waals surface area contributed by atoms with Crippen molar-refractivity contribution in [2.45, 2.75) is 39.9 Å². The summed E-state index contributed by atoms with van der Waals surface area (Å²) in [5.74, 6) is 1.68. The Morgan fingerprint density at radius 1 is 1.32 bits per heavy atom. The molecule has 2 aromatic rings. The number of benzene rings is 1. The van der Waals surface area contributed by atoms with E-state index in [1.165, 1.54) is 0 Å². The van der Waals surface area contributed by atoms with Crippen LogP contribution in [0.5, 0.6) is 5.75 Å². The van der Waals surface area contributed by atoms with Crippen LogP contribution in [0.15, 0.2) is 22.6 Å². The normalized spacial score (nSPS) is 12.4. The summed E-state index contributed by atoms with van der Waals surface area (Å²) in [7, 11) is 0. The quantitative estimate of drug-likeness (QED) is 0.896. The molecule has 5 heteroatoms. The number of ether oxygens (including phenoxy) is 1. The number of aryl methyl sites for hydroxylation is 2. The molecule has 19 heavy (non-hydrogen) atoms. The summed E-state index contributed by atoms with van der Waals surface area (Å²) in [5, 5.41) is 17.5. The van der Waals surface area contributed by atoms with Gasteiger partial charge in [0, 0.05) is 12.0 Å². The molecule has 1 atom stereocenters. The van der Waals surface area contributed by atoms with Crippen LogP contribution in [0.2, 0.25) is 0 Å². The second kappa shape index (κ2) is 5.84. The molecule has 2 rings (SSSR count). The van der Waals surface area contributed by atoms with Crippen LogP contribution in [0, 0.1) is 6.92 Å². The summed E-state index contributed by atoms with van der Waals surface area (Å²) in [6, 6.07) is 5.69. The van der Waals surface area contributed by atoms with Gasteiger partial charge in [0.1, 0.15) is 5.75 Å². The summed E-state index contributed by atoms with van der Waals surface area (Å²) >= 11 is 0. The van der Waals surface area contributed by atoms with Gasteiger partial charge in [0.2, 0.25) is 5.89 Å². The number of aromatic nitrogens is 2. The Morgan fingerprint density at radius 2 is 2.05 bits per heavy atom. The molecule has 0 saturated heterocycles. The molecule has 0 aliphatic rings. The van der Waals surface area contributed by atoms with Crippen LogP contribution in [0.25, 0.3) is 0 Å². The molecule has 1 aromatic carbocycles. The van der Waals surface area contributed by atoms with E-state index in [2.05, 4.69) is 10.2 Å². The summed E-state index contributed by atoms with van der Waals surface area (Å²) in [6.45, 7) is 5.83. The Kier molecular flexibility index (Phi) is 4.16. The number of nitrogens with zero attached hydrogens (tertiary/aromatic N) is 2. The lowest BCUT2D eigenvalue weighted by Crippen LogP contribution is -2.01. The lowest BCUT2D eigenvalue weighted by Gasteiger charge is -2.13. The standard InChI is InChI=1S/C14H18N2O3/c1-4-13-15-16-14(19-13)8-18-12-7-9(2)5-6-11(12)10(3)17/h5-7,10,17H,4,8H2,1-3H3. The zero-order valence-electron chi connectivity index (χ0n) is 11.4. The van der Waals surface area contributed by atoms with Crippen molar-refractivity contribution in [3.63, 3.8) is 0 Å². The minimum atomic E-state index is -0.579. The maximum Gasteiger partial charge on any atom is 0.253 e. The Balaban J connectivity index is 2.12. The highest BCUT2D eigenvalue weighted by atomic mass is 16.5. The second-order valence-electron chi connectivity index (χ2n) is 4.45. The summed E-state index contributed by atoms with van der Waals surface area (Å²) in [6.07, 6.45) is 0.126. The van der Waals surface area contributed by atoms with Gasteiger partial charge in [0.15, 0.2) is 6.61 Å². The molecule has 0 amide bonds. The van der Waals surface area contributed by atoms with Crippen molar-refractivity contribution in [2.24, 2.45) is 0 Å². The fourth-order valence-corrected chi connectivity index (χ4v) is 1.74. The van der Waals surface area contributed by atoms with Gasteiger partial charge in [0.05, 0.1) is 6.10 Å². The number of hydrogen-bond acceptors (Lipinski definition) is 5. The first-order chi connectivity index (χ1) is 9.10. The van der Waals surface area contributed by atoms with E-state index >= 15 is 0 Å². The molecule has 0 fully saturated rings.